The molecule has 2 aromatic carbocycles. The maximum Gasteiger partial charge on any atom is 0.359 e. The van der Waals surface area contributed by atoms with Crippen LogP contribution in [-0.4, -0.2) is 34.2 Å². The number of hydrogen-bond donors (Lipinski definition) is 3. The Morgan fingerprint density at radius 3 is 2.82 bits per heavy atom. The molecule has 7 nitrogen and oxygen atoms in total. The van der Waals surface area contributed by atoms with Gasteiger partial charge in [-0.05, 0) is 42.7 Å². The zero-order valence-electron chi connectivity index (χ0n) is 15.4. The molecule has 142 valence electrons. The first-order valence-corrected chi connectivity index (χ1v) is 9.07. The molecule has 0 saturated carbocycles. The van der Waals surface area contributed by atoms with Gasteiger partial charge in [-0.2, -0.15) is 5.10 Å². The van der Waals surface area contributed by atoms with Gasteiger partial charge in [0.15, 0.2) is 5.69 Å². The number of H-pyrrole nitrogens is 2. The molecule has 4 aromatic rings. The van der Waals surface area contributed by atoms with Crippen LogP contribution in [0.4, 0.5) is 5.69 Å². The molecule has 0 bridgehead atoms. The van der Waals surface area contributed by atoms with Gasteiger partial charge in [0.25, 0.3) is 0 Å². The third kappa shape index (κ3) is 3.46. The van der Waals surface area contributed by atoms with Crippen molar-refractivity contribution in [1.29, 1.82) is 0 Å². The molecule has 0 saturated heterocycles. The van der Waals surface area contributed by atoms with Crippen molar-refractivity contribution in [2.45, 2.75) is 19.3 Å². The number of aryl methyl sites for hydroxylation is 1. The first-order valence-electron chi connectivity index (χ1n) is 9.07. The lowest BCUT2D eigenvalue weighted by atomic mass is 10.1. The van der Waals surface area contributed by atoms with Gasteiger partial charge < -0.3 is 15.0 Å². The maximum absolute atomic E-state index is 12.3. The second kappa shape index (κ2) is 7.56. The number of nitrogens with one attached hydrogen (secondary N) is 3. The number of ether oxygens (including phenoxy) is 1. The molecular weight excluding hydrogens is 356 g/mol. The van der Waals surface area contributed by atoms with Crippen molar-refractivity contribution < 1.29 is 14.3 Å². The molecule has 0 aliphatic heterocycles. The zero-order chi connectivity index (χ0) is 19.5. The number of para-hydroxylation sites is 1. The number of esters is 1. The van der Waals surface area contributed by atoms with Crippen LogP contribution in [0.5, 0.6) is 0 Å². The number of aromatic nitrogens is 3. The number of fused-ring (bicyclic) bond motifs is 2. The van der Waals surface area contributed by atoms with E-state index in [1.54, 1.807) is 18.2 Å². The van der Waals surface area contributed by atoms with Gasteiger partial charge in [-0.3, -0.25) is 9.89 Å². The normalized spacial score (nSPS) is 11.0. The topological polar surface area (TPSA) is 99.9 Å². The molecule has 0 aliphatic rings. The predicted molar refractivity (Wildman–Crippen MR) is 107 cm³/mol. The molecule has 2 aromatic heterocycles. The summed E-state index contributed by atoms with van der Waals surface area (Å²) in [6.07, 6.45) is 3.98. The van der Waals surface area contributed by atoms with E-state index in [0.717, 1.165) is 18.4 Å². The van der Waals surface area contributed by atoms with Gasteiger partial charge in [-0.1, -0.05) is 18.2 Å². The first kappa shape index (κ1) is 17.8. The molecule has 7 heteroatoms. The Kier molecular flexibility index (Phi) is 4.80. The van der Waals surface area contributed by atoms with E-state index >= 15 is 0 Å². The number of methoxy groups -OCH3 is 1. The smallest absolute Gasteiger partial charge is 0.359 e. The van der Waals surface area contributed by atoms with Gasteiger partial charge in [-0.25, -0.2) is 4.79 Å². The van der Waals surface area contributed by atoms with E-state index in [0.29, 0.717) is 23.0 Å². The monoisotopic (exact) mass is 376 g/mol. The lowest BCUT2D eigenvalue weighted by Crippen LogP contribution is -2.11. The molecule has 4 rings (SSSR count). The number of nitrogens with zero attached hydrogens (tertiary/aromatic N) is 1. The lowest BCUT2D eigenvalue weighted by molar-refractivity contribution is -0.116. The van der Waals surface area contributed by atoms with E-state index in [4.69, 9.17) is 4.74 Å². The third-order valence-corrected chi connectivity index (χ3v) is 4.75. The number of benzene rings is 2. The van der Waals surface area contributed by atoms with Crippen molar-refractivity contribution in [2.24, 2.45) is 0 Å². The fourth-order valence-corrected chi connectivity index (χ4v) is 3.35. The number of hydrogen-bond acceptors (Lipinski definition) is 4. The summed E-state index contributed by atoms with van der Waals surface area (Å²) in [5.41, 5.74) is 3.85. The Bertz CT molecular complexity index is 1160. The van der Waals surface area contributed by atoms with E-state index in [1.807, 2.05) is 24.4 Å². The lowest BCUT2D eigenvalue weighted by Gasteiger charge is -2.06. The van der Waals surface area contributed by atoms with Crippen LogP contribution in [-0.2, 0) is 16.0 Å². The fraction of sp³-hybridized carbons (Fsp3) is 0.190. The average Bonchev–Trinajstić information content (AvgIpc) is 3.31. The van der Waals surface area contributed by atoms with Crippen LogP contribution in [0.2, 0.25) is 0 Å². The van der Waals surface area contributed by atoms with Crippen molar-refractivity contribution in [3.8, 4) is 0 Å². The van der Waals surface area contributed by atoms with Crippen LogP contribution in [0.1, 0.15) is 28.9 Å². The highest BCUT2D eigenvalue weighted by Gasteiger charge is 2.15. The molecule has 0 fully saturated rings. The summed E-state index contributed by atoms with van der Waals surface area (Å²) < 4.78 is 4.73. The first-order chi connectivity index (χ1) is 13.7. The Morgan fingerprint density at radius 2 is 1.96 bits per heavy atom. The summed E-state index contributed by atoms with van der Waals surface area (Å²) in [7, 11) is 1.31. The number of anilines is 1. The van der Waals surface area contributed by atoms with Gasteiger partial charge in [-0.15, -0.1) is 0 Å². The van der Waals surface area contributed by atoms with Gasteiger partial charge >= 0.3 is 5.97 Å². The van der Waals surface area contributed by atoms with Gasteiger partial charge in [0, 0.05) is 34.6 Å². The summed E-state index contributed by atoms with van der Waals surface area (Å²) >= 11 is 0. The van der Waals surface area contributed by atoms with Crippen LogP contribution in [0, 0.1) is 0 Å². The second-order valence-electron chi connectivity index (χ2n) is 6.59. The highest BCUT2D eigenvalue weighted by Crippen LogP contribution is 2.22. The Balaban J connectivity index is 1.39. The molecule has 0 unspecified atom stereocenters. The van der Waals surface area contributed by atoms with Crippen LogP contribution in [0.15, 0.2) is 48.7 Å². The third-order valence-electron chi connectivity index (χ3n) is 4.75. The van der Waals surface area contributed by atoms with Crippen molar-refractivity contribution in [3.05, 3.63) is 59.9 Å². The standard InChI is InChI=1S/C21H20N4O3/c1-28-21(27)20-16-11-14(9-10-18(16)24-25-20)23-19(26)8-4-5-13-12-22-17-7-3-2-6-15(13)17/h2-3,6-7,9-12,22H,4-5,8H2,1H3,(H,23,26)(H,24,25). The van der Waals surface area contributed by atoms with E-state index in [-0.39, 0.29) is 11.6 Å². The number of carbonyl (C=O) groups excluding carboxylic acids is 2. The molecule has 1 amide bonds. The van der Waals surface area contributed by atoms with Crippen molar-refractivity contribution in [2.75, 3.05) is 12.4 Å². The molecule has 0 atom stereocenters. The summed E-state index contributed by atoms with van der Waals surface area (Å²) in [5, 5.41) is 11.5. The molecular formula is C21H20N4O3. The van der Waals surface area contributed by atoms with E-state index in [1.165, 1.54) is 18.1 Å². The molecule has 0 aliphatic carbocycles. The summed E-state index contributed by atoms with van der Waals surface area (Å²) in [6, 6.07) is 13.4. The summed E-state index contributed by atoms with van der Waals surface area (Å²) in [5.74, 6) is -0.587. The zero-order valence-corrected chi connectivity index (χ0v) is 15.4. The maximum atomic E-state index is 12.3. The van der Waals surface area contributed by atoms with Gasteiger partial charge in [0.2, 0.25) is 5.91 Å². The Labute approximate surface area is 161 Å². The molecule has 0 spiro atoms. The molecule has 3 N–H and O–H groups in total. The minimum atomic E-state index is -0.520. The van der Waals surface area contributed by atoms with E-state index < -0.39 is 5.97 Å². The van der Waals surface area contributed by atoms with Crippen molar-refractivity contribution in [1.82, 2.24) is 15.2 Å². The summed E-state index contributed by atoms with van der Waals surface area (Å²) in [4.78, 5) is 27.3. The fourth-order valence-electron chi connectivity index (χ4n) is 3.35. The Morgan fingerprint density at radius 1 is 1.11 bits per heavy atom. The number of carbonyl (C=O) groups is 2. The highest BCUT2D eigenvalue weighted by molar-refractivity contribution is 6.03. The van der Waals surface area contributed by atoms with Crippen molar-refractivity contribution in [3.63, 3.8) is 0 Å². The SMILES string of the molecule is COC(=O)c1n[nH]c2ccc(NC(=O)CCCc3c[nH]c4ccccc34)cc12. The van der Waals surface area contributed by atoms with Crippen LogP contribution >= 0.6 is 0 Å². The van der Waals surface area contributed by atoms with E-state index in [2.05, 4.69) is 26.6 Å². The van der Waals surface area contributed by atoms with E-state index in [9.17, 15) is 9.59 Å². The largest absolute Gasteiger partial charge is 0.464 e. The van der Waals surface area contributed by atoms with Gasteiger partial charge in [0.05, 0.1) is 12.6 Å². The minimum absolute atomic E-state index is 0.0673. The average molecular weight is 376 g/mol. The van der Waals surface area contributed by atoms with Crippen molar-refractivity contribution >= 4 is 39.4 Å². The van der Waals surface area contributed by atoms with Gasteiger partial charge in [0.1, 0.15) is 0 Å². The number of aromatic amines is 2. The minimum Gasteiger partial charge on any atom is -0.464 e. The number of rotatable bonds is 6. The quantitative estimate of drug-likeness (QED) is 0.446. The van der Waals surface area contributed by atoms with Crippen LogP contribution in [0.25, 0.3) is 21.8 Å². The molecule has 2 heterocycles. The van der Waals surface area contributed by atoms with Crippen LogP contribution < -0.4 is 5.32 Å². The Hall–Kier alpha value is -3.61. The molecule has 0 radical (unpaired) electrons. The number of amides is 1. The van der Waals surface area contributed by atoms with Crippen LogP contribution in [0.3, 0.4) is 0 Å². The molecule has 28 heavy (non-hydrogen) atoms. The highest BCUT2D eigenvalue weighted by atomic mass is 16.5. The summed E-state index contributed by atoms with van der Waals surface area (Å²) in [6.45, 7) is 0. The predicted octanol–water partition coefficient (Wildman–Crippen LogP) is 3.79. The second-order valence-corrected chi connectivity index (χ2v) is 6.59.